The van der Waals surface area contributed by atoms with Crippen LogP contribution in [0.3, 0.4) is 0 Å². The van der Waals surface area contributed by atoms with Crippen molar-refractivity contribution in [2.45, 2.75) is 13.0 Å². The molecule has 3 N–H and O–H groups in total. The summed E-state index contributed by atoms with van der Waals surface area (Å²) in [4.78, 5) is 30.9. The number of hydrogen-bond acceptors (Lipinski definition) is 4. The van der Waals surface area contributed by atoms with E-state index in [-0.39, 0.29) is 11.9 Å². The molecule has 7 nitrogen and oxygen atoms in total. The van der Waals surface area contributed by atoms with E-state index in [9.17, 15) is 9.59 Å². The number of amides is 3. The second kappa shape index (κ2) is 7.26. The highest BCUT2D eigenvalue weighted by Crippen LogP contribution is 2.28. The average Bonchev–Trinajstić information content (AvgIpc) is 2.61. The fourth-order valence-corrected chi connectivity index (χ4v) is 2.83. The van der Waals surface area contributed by atoms with Gasteiger partial charge in [-0.25, -0.2) is 9.78 Å². The summed E-state index contributed by atoms with van der Waals surface area (Å²) in [6.07, 6.45) is 1.61. The number of pyridine rings is 1. The summed E-state index contributed by atoms with van der Waals surface area (Å²) < 4.78 is 0. The average molecular weight is 351 g/mol. The number of rotatable bonds is 4. The molecule has 0 spiro atoms. The molecule has 0 radical (unpaired) electrons. The van der Waals surface area contributed by atoms with Gasteiger partial charge < -0.3 is 20.9 Å². The zero-order valence-corrected chi connectivity index (χ0v) is 14.9. The molecule has 1 atom stereocenters. The first-order valence-corrected chi connectivity index (χ1v) is 8.23. The molecule has 2 heterocycles. The minimum absolute atomic E-state index is 0.310. The van der Waals surface area contributed by atoms with Crippen LogP contribution in [0.4, 0.5) is 16.3 Å². The number of anilines is 2. The number of carbonyl (C=O) groups excluding carboxylic acids is 2. The van der Waals surface area contributed by atoms with Gasteiger partial charge in [0.2, 0.25) is 0 Å². The molecule has 1 aliphatic rings. The number of allylic oxidation sites excluding steroid dienone is 1. The first-order valence-electron chi connectivity index (χ1n) is 8.23. The molecule has 26 heavy (non-hydrogen) atoms. The third-order valence-electron chi connectivity index (χ3n) is 4.16. The molecule has 134 valence electrons. The highest BCUT2D eigenvalue weighted by Gasteiger charge is 2.31. The lowest BCUT2D eigenvalue weighted by Crippen LogP contribution is -2.46. The van der Waals surface area contributed by atoms with Gasteiger partial charge in [0.25, 0.3) is 5.91 Å². The van der Waals surface area contributed by atoms with Crippen molar-refractivity contribution < 1.29 is 9.59 Å². The van der Waals surface area contributed by atoms with Crippen LogP contribution in [0.25, 0.3) is 0 Å². The summed E-state index contributed by atoms with van der Waals surface area (Å²) in [5.74, 6) is 0.145. The standard InChI is InChI=1S/C19H21N5O2/c1-12-16(18(25)22-15-6-4-5-11-20-15)17(23-19(26)21-12)13-7-9-14(10-8-13)24(2)3/h4-11,17H,1-3H3,(H,20,22,25)(H2,21,23,26). The molecule has 3 rings (SSSR count). The lowest BCUT2D eigenvalue weighted by Gasteiger charge is -2.29. The topological polar surface area (TPSA) is 86.4 Å². The van der Waals surface area contributed by atoms with Crippen LogP contribution in [0.1, 0.15) is 18.5 Å². The molecule has 3 amide bonds. The van der Waals surface area contributed by atoms with Crippen molar-refractivity contribution in [2.24, 2.45) is 0 Å². The maximum absolute atomic E-state index is 12.8. The van der Waals surface area contributed by atoms with Crippen LogP contribution < -0.4 is 20.9 Å². The van der Waals surface area contributed by atoms with Gasteiger partial charge in [-0.1, -0.05) is 18.2 Å². The summed E-state index contributed by atoms with van der Waals surface area (Å²) >= 11 is 0. The van der Waals surface area contributed by atoms with Gasteiger partial charge in [0.15, 0.2) is 0 Å². The Morgan fingerprint density at radius 1 is 1.15 bits per heavy atom. The quantitative estimate of drug-likeness (QED) is 0.790. The Bertz CT molecular complexity index is 844. The second-order valence-electron chi connectivity index (χ2n) is 6.23. The van der Waals surface area contributed by atoms with Crippen LogP contribution in [-0.2, 0) is 4.79 Å². The zero-order valence-electron chi connectivity index (χ0n) is 14.9. The Morgan fingerprint density at radius 2 is 1.88 bits per heavy atom. The largest absolute Gasteiger partial charge is 0.378 e. The number of hydrogen-bond donors (Lipinski definition) is 3. The molecule has 0 aliphatic carbocycles. The molecule has 1 aliphatic heterocycles. The van der Waals surface area contributed by atoms with Crippen molar-refractivity contribution in [3.8, 4) is 0 Å². The van der Waals surface area contributed by atoms with Crippen LogP contribution >= 0.6 is 0 Å². The van der Waals surface area contributed by atoms with E-state index >= 15 is 0 Å². The Labute approximate surface area is 152 Å². The molecule has 0 fully saturated rings. The van der Waals surface area contributed by atoms with Gasteiger partial charge in [0, 0.05) is 31.7 Å². The molecule has 2 aromatic rings. The SMILES string of the molecule is CC1=C(C(=O)Nc2ccccn2)C(c2ccc(N(C)C)cc2)NC(=O)N1. The van der Waals surface area contributed by atoms with E-state index in [1.54, 1.807) is 31.3 Å². The highest BCUT2D eigenvalue weighted by molar-refractivity contribution is 6.06. The fourth-order valence-electron chi connectivity index (χ4n) is 2.83. The number of nitrogens with zero attached hydrogens (tertiary/aromatic N) is 2. The lowest BCUT2D eigenvalue weighted by molar-refractivity contribution is -0.113. The van der Waals surface area contributed by atoms with Crippen LogP contribution in [-0.4, -0.2) is 31.0 Å². The first kappa shape index (κ1) is 17.5. The van der Waals surface area contributed by atoms with Gasteiger partial charge in [-0.2, -0.15) is 0 Å². The van der Waals surface area contributed by atoms with E-state index in [0.717, 1.165) is 11.3 Å². The highest BCUT2D eigenvalue weighted by atomic mass is 16.2. The minimum atomic E-state index is -0.538. The molecule has 1 unspecified atom stereocenters. The zero-order chi connectivity index (χ0) is 18.7. The molecular weight excluding hydrogens is 330 g/mol. The van der Waals surface area contributed by atoms with Gasteiger partial charge in [-0.3, -0.25) is 4.79 Å². The Kier molecular flexibility index (Phi) is 4.88. The van der Waals surface area contributed by atoms with E-state index < -0.39 is 6.04 Å². The van der Waals surface area contributed by atoms with Crippen molar-refractivity contribution in [1.29, 1.82) is 0 Å². The maximum Gasteiger partial charge on any atom is 0.319 e. The molecule has 1 aromatic heterocycles. The Balaban J connectivity index is 1.92. The van der Waals surface area contributed by atoms with E-state index in [1.165, 1.54) is 0 Å². The molecular formula is C19H21N5O2. The molecule has 7 heteroatoms. The Morgan fingerprint density at radius 3 is 2.50 bits per heavy atom. The summed E-state index contributed by atoms with van der Waals surface area (Å²) in [7, 11) is 3.91. The van der Waals surface area contributed by atoms with Crippen molar-refractivity contribution in [2.75, 3.05) is 24.3 Å². The summed E-state index contributed by atoms with van der Waals surface area (Å²) in [6.45, 7) is 1.72. The predicted molar refractivity (Wildman–Crippen MR) is 101 cm³/mol. The van der Waals surface area contributed by atoms with Crippen LogP contribution in [0.2, 0.25) is 0 Å². The Hall–Kier alpha value is -3.35. The van der Waals surface area contributed by atoms with Crippen LogP contribution in [0.15, 0.2) is 59.9 Å². The van der Waals surface area contributed by atoms with E-state index in [4.69, 9.17) is 0 Å². The normalized spacial score (nSPS) is 16.6. The van der Waals surface area contributed by atoms with Crippen LogP contribution in [0.5, 0.6) is 0 Å². The van der Waals surface area contributed by atoms with Gasteiger partial charge >= 0.3 is 6.03 Å². The van der Waals surface area contributed by atoms with E-state index in [1.807, 2.05) is 43.3 Å². The van der Waals surface area contributed by atoms with Crippen molar-refractivity contribution >= 4 is 23.4 Å². The fraction of sp³-hybridized carbons (Fsp3) is 0.211. The summed E-state index contributed by atoms with van der Waals surface area (Å²) in [5, 5.41) is 8.27. The monoisotopic (exact) mass is 351 g/mol. The van der Waals surface area contributed by atoms with E-state index in [0.29, 0.717) is 17.1 Å². The number of benzene rings is 1. The molecule has 0 saturated carbocycles. The van der Waals surface area contributed by atoms with Crippen molar-refractivity contribution in [3.63, 3.8) is 0 Å². The number of nitrogens with one attached hydrogen (secondary N) is 3. The first-order chi connectivity index (χ1) is 12.5. The van der Waals surface area contributed by atoms with Gasteiger partial charge in [-0.05, 0) is 36.8 Å². The smallest absolute Gasteiger partial charge is 0.319 e. The minimum Gasteiger partial charge on any atom is -0.378 e. The second-order valence-corrected chi connectivity index (χ2v) is 6.23. The van der Waals surface area contributed by atoms with Crippen molar-refractivity contribution in [3.05, 3.63) is 65.5 Å². The summed E-state index contributed by atoms with van der Waals surface area (Å²) in [5.41, 5.74) is 2.84. The van der Waals surface area contributed by atoms with Gasteiger partial charge in [-0.15, -0.1) is 0 Å². The summed E-state index contributed by atoms with van der Waals surface area (Å²) in [6, 6.07) is 12.1. The van der Waals surface area contributed by atoms with Crippen molar-refractivity contribution in [1.82, 2.24) is 15.6 Å². The molecule has 0 saturated heterocycles. The molecule has 1 aromatic carbocycles. The van der Waals surface area contributed by atoms with Crippen LogP contribution in [0, 0.1) is 0 Å². The van der Waals surface area contributed by atoms with Gasteiger partial charge in [0.05, 0.1) is 11.6 Å². The third-order valence-corrected chi connectivity index (χ3v) is 4.16. The lowest BCUT2D eigenvalue weighted by atomic mass is 9.94. The van der Waals surface area contributed by atoms with Gasteiger partial charge in [0.1, 0.15) is 5.82 Å². The molecule has 0 bridgehead atoms. The number of carbonyl (C=O) groups is 2. The predicted octanol–water partition coefficient (Wildman–Crippen LogP) is 2.41. The number of urea groups is 1. The third kappa shape index (κ3) is 3.66. The maximum atomic E-state index is 12.8. The number of aromatic nitrogens is 1. The van der Waals surface area contributed by atoms with E-state index in [2.05, 4.69) is 20.9 Å².